The van der Waals surface area contributed by atoms with Crippen molar-refractivity contribution in [3.8, 4) is 0 Å². The molecule has 4 heteroatoms. The third-order valence-electron chi connectivity index (χ3n) is 4.07. The second-order valence-corrected chi connectivity index (χ2v) is 7.07. The average molecular weight is 269 g/mol. The number of nitrogens with one attached hydrogen (secondary N) is 1. The van der Waals surface area contributed by atoms with E-state index in [1.54, 1.807) is 0 Å². The molecule has 4 nitrogen and oxygen atoms in total. The first-order valence-electron chi connectivity index (χ1n) is 7.51. The van der Waals surface area contributed by atoms with Gasteiger partial charge in [-0.1, -0.05) is 13.3 Å². The van der Waals surface area contributed by atoms with E-state index in [9.17, 15) is 4.79 Å². The Labute approximate surface area is 118 Å². The standard InChI is InChI=1S/C15H31N3O/c1-6-9-15(5,16)13(19)17-12-7-10-18(11-8-12)14(2,3)4/h12H,6-11,16H2,1-5H3,(H,17,19). The van der Waals surface area contributed by atoms with E-state index in [1.807, 2.05) is 6.92 Å². The van der Waals surface area contributed by atoms with Gasteiger partial charge in [0, 0.05) is 24.7 Å². The summed E-state index contributed by atoms with van der Waals surface area (Å²) in [5.41, 5.74) is 5.56. The number of nitrogens with zero attached hydrogens (tertiary/aromatic N) is 1. The fourth-order valence-electron chi connectivity index (χ4n) is 2.68. The maximum Gasteiger partial charge on any atom is 0.240 e. The van der Waals surface area contributed by atoms with Crippen LogP contribution in [0.5, 0.6) is 0 Å². The molecule has 1 aliphatic heterocycles. The highest BCUT2D eigenvalue weighted by Crippen LogP contribution is 2.20. The first-order chi connectivity index (χ1) is 8.66. The van der Waals surface area contributed by atoms with Gasteiger partial charge in [0.1, 0.15) is 0 Å². The van der Waals surface area contributed by atoms with Gasteiger partial charge in [-0.15, -0.1) is 0 Å². The SMILES string of the molecule is CCCC(C)(N)C(=O)NC1CCN(C(C)(C)C)CC1. The molecule has 1 fully saturated rings. The Kier molecular flexibility index (Phi) is 5.39. The molecule has 19 heavy (non-hydrogen) atoms. The normalized spacial score (nSPS) is 22.0. The first-order valence-corrected chi connectivity index (χ1v) is 7.51. The maximum absolute atomic E-state index is 12.2. The van der Waals surface area contributed by atoms with Gasteiger partial charge in [-0.25, -0.2) is 0 Å². The quantitative estimate of drug-likeness (QED) is 0.819. The summed E-state index contributed by atoms with van der Waals surface area (Å²) in [6.07, 6.45) is 3.71. The molecule has 0 aromatic rings. The molecule has 3 N–H and O–H groups in total. The highest BCUT2D eigenvalue weighted by Gasteiger charge is 2.32. The molecule has 1 aliphatic rings. The minimum Gasteiger partial charge on any atom is -0.352 e. The Balaban J connectivity index is 2.43. The molecule has 1 atom stereocenters. The largest absolute Gasteiger partial charge is 0.352 e. The third-order valence-corrected chi connectivity index (χ3v) is 4.07. The molecule has 1 amide bonds. The Bertz CT molecular complexity index is 299. The molecule has 0 aromatic heterocycles. The van der Waals surface area contributed by atoms with E-state index >= 15 is 0 Å². The van der Waals surface area contributed by atoms with Gasteiger partial charge in [0.2, 0.25) is 5.91 Å². The van der Waals surface area contributed by atoms with Crippen LogP contribution in [0.15, 0.2) is 0 Å². The van der Waals surface area contributed by atoms with Gasteiger partial charge in [-0.2, -0.15) is 0 Å². The summed E-state index contributed by atoms with van der Waals surface area (Å²) in [5, 5.41) is 3.13. The van der Waals surface area contributed by atoms with Crippen LogP contribution in [0.4, 0.5) is 0 Å². The molecule has 0 saturated carbocycles. The van der Waals surface area contributed by atoms with E-state index in [-0.39, 0.29) is 17.5 Å². The number of hydrogen-bond donors (Lipinski definition) is 2. The summed E-state index contributed by atoms with van der Waals surface area (Å²) < 4.78 is 0. The summed E-state index contributed by atoms with van der Waals surface area (Å²) in [7, 11) is 0. The number of piperidine rings is 1. The minimum absolute atomic E-state index is 0.00330. The molecule has 0 radical (unpaired) electrons. The van der Waals surface area contributed by atoms with Gasteiger partial charge in [0.25, 0.3) is 0 Å². The maximum atomic E-state index is 12.2. The summed E-state index contributed by atoms with van der Waals surface area (Å²) in [6, 6.07) is 0.283. The molecule has 0 spiro atoms. The number of amides is 1. The van der Waals surface area contributed by atoms with Crippen molar-refractivity contribution >= 4 is 5.91 Å². The zero-order valence-electron chi connectivity index (χ0n) is 13.3. The highest BCUT2D eigenvalue weighted by molar-refractivity contribution is 5.85. The van der Waals surface area contributed by atoms with Gasteiger partial charge in [0.15, 0.2) is 0 Å². The summed E-state index contributed by atoms with van der Waals surface area (Å²) in [5.74, 6) is 0.00330. The summed E-state index contributed by atoms with van der Waals surface area (Å²) >= 11 is 0. The van der Waals surface area contributed by atoms with E-state index in [0.29, 0.717) is 0 Å². The van der Waals surface area contributed by atoms with Crippen LogP contribution in [-0.4, -0.2) is 41.0 Å². The van der Waals surface area contributed by atoms with Crippen LogP contribution in [0.1, 0.15) is 60.3 Å². The van der Waals surface area contributed by atoms with Crippen molar-refractivity contribution in [1.82, 2.24) is 10.2 Å². The van der Waals surface area contributed by atoms with Crippen LogP contribution in [-0.2, 0) is 4.79 Å². The minimum atomic E-state index is -0.726. The fourth-order valence-corrected chi connectivity index (χ4v) is 2.68. The van der Waals surface area contributed by atoms with E-state index in [1.165, 1.54) is 0 Å². The number of nitrogens with two attached hydrogens (primary N) is 1. The van der Waals surface area contributed by atoms with E-state index < -0.39 is 5.54 Å². The van der Waals surface area contributed by atoms with Gasteiger partial charge in [-0.3, -0.25) is 9.69 Å². The van der Waals surface area contributed by atoms with Gasteiger partial charge < -0.3 is 11.1 Å². The van der Waals surface area contributed by atoms with E-state index in [2.05, 4.69) is 37.9 Å². The zero-order valence-corrected chi connectivity index (χ0v) is 13.3. The predicted molar refractivity (Wildman–Crippen MR) is 80.0 cm³/mol. The lowest BCUT2D eigenvalue weighted by molar-refractivity contribution is -0.127. The molecular weight excluding hydrogens is 238 g/mol. The van der Waals surface area contributed by atoms with E-state index in [0.717, 1.165) is 38.8 Å². The summed E-state index contributed by atoms with van der Waals surface area (Å²) in [4.78, 5) is 14.6. The molecule has 0 bridgehead atoms. The van der Waals surface area contributed by atoms with Crippen LogP contribution in [0.2, 0.25) is 0 Å². The van der Waals surface area contributed by atoms with Gasteiger partial charge in [0.05, 0.1) is 5.54 Å². The number of likely N-dealkylation sites (tertiary alicyclic amines) is 1. The summed E-state index contributed by atoms with van der Waals surface area (Å²) in [6.45, 7) is 12.7. The smallest absolute Gasteiger partial charge is 0.240 e. The molecule has 0 aromatic carbocycles. The number of hydrogen-bond acceptors (Lipinski definition) is 3. The van der Waals surface area contributed by atoms with Crippen LogP contribution in [0.25, 0.3) is 0 Å². The Hall–Kier alpha value is -0.610. The fraction of sp³-hybridized carbons (Fsp3) is 0.933. The topological polar surface area (TPSA) is 58.4 Å². The van der Waals surface area contributed by atoms with Crippen molar-refractivity contribution in [1.29, 1.82) is 0 Å². The zero-order chi connectivity index (χ0) is 14.7. The lowest BCUT2D eigenvalue weighted by atomic mass is 9.94. The molecule has 1 rings (SSSR count). The number of carbonyl (C=O) groups excluding carboxylic acids is 1. The molecule has 1 heterocycles. The third kappa shape index (κ3) is 4.77. The Morgan fingerprint density at radius 2 is 1.79 bits per heavy atom. The lowest BCUT2D eigenvalue weighted by Crippen LogP contribution is -2.57. The number of rotatable bonds is 4. The van der Waals surface area contributed by atoms with Crippen molar-refractivity contribution in [2.24, 2.45) is 5.73 Å². The van der Waals surface area contributed by atoms with Crippen molar-refractivity contribution in [3.63, 3.8) is 0 Å². The number of carbonyl (C=O) groups is 1. The van der Waals surface area contributed by atoms with Crippen LogP contribution < -0.4 is 11.1 Å². The van der Waals surface area contributed by atoms with Crippen LogP contribution in [0.3, 0.4) is 0 Å². The van der Waals surface area contributed by atoms with Crippen molar-refractivity contribution in [3.05, 3.63) is 0 Å². The molecule has 112 valence electrons. The molecule has 1 saturated heterocycles. The Morgan fingerprint density at radius 3 is 2.21 bits per heavy atom. The van der Waals surface area contributed by atoms with Crippen LogP contribution >= 0.6 is 0 Å². The molecule has 0 aliphatic carbocycles. The lowest BCUT2D eigenvalue weighted by Gasteiger charge is -2.41. The monoisotopic (exact) mass is 269 g/mol. The van der Waals surface area contributed by atoms with Gasteiger partial charge in [-0.05, 0) is 47.0 Å². The highest BCUT2D eigenvalue weighted by atomic mass is 16.2. The van der Waals surface area contributed by atoms with Crippen molar-refractivity contribution < 1.29 is 4.79 Å². The Morgan fingerprint density at radius 1 is 1.26 bits per heavy atom. The second kappa shape index (κ2) is 6.23. The average Bonchev–Trinajstić information content (AvgIpc) is 2.28. The van der Waals surface area contributed by atoms with Gasteiger partial charge >= 0.3 is 0 Å². The second-order valence-electron chi connectivity index (χ2n) is 7.07. The van der Waals surface area contributed by atoms with Crippen LogP contribution in [0, 0.1) is 0 Å². The molecular formula is C15H31N3O. The van der Waals surface area contributed by atoms with Crippen molar-refractivity contribution in [2.45, 2.75) is 77.4 Å². The van der Waals surface area contributed by atoms with Crippen molar-refractivity contribution in [2.75, 3.05) is 13.1 Å². The molecule has 1 unspecified atom stereocenters. The predicted octanol–water partition coefficient (Wildman–Crippen LogP) is 1.88. The first kappa shape index (κ1) is 16.4. The van der Waals surface area contributed by atoms with E-state index in [4.69, 9.17) is 5.73 Å².